The van der Waals surface area contributed by atoms with Gasteiger partial charge in [0, 0.05) is 19.2 Å². The van der Waals surface area contributed by atoms with Crippen molar-refractivity contribution >= 4 is 17.7 Å². The van der Waals surface area contributed by atoms with Crippen molar-refractivity contribution < 1.29 is 9.18 Å². The van der Waals surface area contributed by atoms with Gasteiger partial charge in [-0.15, -0.1) is 0 Å². The monoisotopic (exact) mass is 270 g/mol. The van der Waals surface area contributed by atoms with Gasteiger partial charge in [-0.2, -0.15) is 11.8 Å². The first kappa shape index (κ1) is 15.0. The van der Waals surface area contributed by atoms with Crippen molar-refractivity contribution in [1.82, 2.24) is 4.90 Å². The van der Waals surface area contributed by atoms with Crippen LogP contribution in [0.25, 0.3) is 0 Å². The lowest BCUT2D eigenvalue weighted by atomic mass is 10.1. The number of carbonyl (C=O) groups is 1. The van der Waals surface area contributed by atoms with Gasteiger partial charge < -0.3 is 10.6 Å². The molecule has 1 aromatic rings. The first-order valence-corrected chi connectivity index (χ1v) is 7.18. The molecule has 1 amide bonds. The number of likely N-dealkylation sites (N-methyl/N-ethyl adjacent to an activating group) is 1. The number of rotatable bonds is 6. The molecule has 0 radical (unpaired) electrons. The summed E-state index contributed by atoms with van der Waals surface area (Å²) in [5, 5.41) is 0. The maximum Gasteiger partial charge on any atom is 0.239 e. The minimum Gasteiger partial charge on any atom is -0.340 e. The normalized spacial score (nSPS) is 12.2. The van der Waals surface area contributed by atoms with E-state index < -0.39 is 6.04 Å². The number of hydrogen-bond donors (Lipinski definition) is 1. The number of nitrogens with zero attached hydrogens (tertiary/aromatic N) is 1. The summed E-state index contributed by atoms with van der Waals surface area (Å²) in [4.78, 5) is 13.4. The van der Waals surface area contributed by atoms with E-state index in [1.807, 2.05) is 6.26 Å². The highest BCUT2D eigenvalue weighted by atomic mass is 32.2. The van der Waals surface area contributed by atoms with Gasteiger partial charge in [0.05, 0.1) is 6.04 Å². The van der Waals surface area contributed by atoms with Crippen LogP contribution in [0.5, 0.6) is 0 Å². The number of nitrogens with two attached hydrogens (primary N) is 1. The van der Waals surface area contributed by atoms with E-state index in [1.165, 1.54) is 11.0 Å². The van der Waals surface area contributed by atoms with Gasteiger partial charge in [0.2, 0.25) is 5.91 Å². The van der Waals surface area contributed by atoms with Crippen molar-refractivity contribution in [1.29, 1.82) is 0 Å². The number of halogens is 1. The number of thioether (sulfide) groups is 1. The Hall–Kier alpha value is -1.07. The molecule has 1 aromatic carbocycles. The van der Waals surface area contributed by atoms with E-state index in [0.29, 0.717) is 12.0 Å². The van der Waals surface area contributed by atoms with E-state index in [2.05, 4.69) is 0 Å². The molecule has 1 atom stereocenters. The van der Waals surface area contributed by atoms with Crippen LogP contribution >= 0.6 is 11.8 Å². The summed E-state index contributed by atoms with van der Waals surface area (Å²) in [6.07, 6.45) is 2.61. The summed E-state index contributed by atoms with van der Waals surface area (Å²) < 4.78 is 13.4. The van der Waals surface area contributed by atoms with Crippen LogP contribution in [0.3, 0.4) is 0 Å². The summed E-state index contributed by atoms with van der Waals surface area (Å²) in [6.45, 7) is 0.248. The van der Waals surface area contributed by atoms with Crippen LogP contribution in [-0.2, 0) is 11.3 Å². The Morgan fingerprint density at radius 2 is 2.17 bits per heavy atom. The largest absolute Gasteiger partial charge is 0.340 e. The van der Waals surface area contributed by atoms with Gasteiger partial charge >= 0.3 is 0 Å². The van der Waals surface area contributed by atoms with Crippen LogP contribution < -0.4 is 5.73 Å². The molecule has 3 nitrogen and oxygen atoms in total. The maximum absolute atomic E-state index is 13.4. The molecule has 18 heavy (non-hydrogen) atoms. The standard InChI is InChI=1S/C13H19FN2OS/c1-16(13(17)12(15)7-8-18-2)9-10-5-3-4-6-11(10)14/h3-6,12H,7-9,15H2,1-2H3/t12-/m0/s1. The molecule has 0 aliphatic heterocycles. The highest BCUT2D eigenvalue weighted by Gasteiger charge is 2.18. The number of benzene rings is 1. The second kappa shape index (κ2) is 7.38. The average molecular weight is 270 g/mol. The molecule has 100 valence electrons. The van der Waals surface area contributed by atoms with Gasteiger partial charge in [0.25, 0.3) is 0 Å². The maximum atomic E-state index is 13.4. The molecule has 0 unspecified atom stereocenters. The highest BCUT2D eigenvalue weighted by molar-refractivity contribution is 7.98. The summed E-state index contributed by atoms with van der Waals surface area (Å²) in [5.41, 5.74) is 6.30. The van der Waals surface area contributed by atoms with Crippen LogP contribution in [0, 0.1) is 5.82 Å². The minimum atomic E-state index is -0.505. The fraction of sp³-hybridized carbons (Fsp3) is 0.462. The van der Waals surface area contributed by atoms with Crippen LogP contribution in [0.2, 0.25) is 0 Å². The van der Waals surface area contributed by atoms with Crippen molar-refractivity contribution in [3.05, 3.63) is 35.6 Å². The number of carbonyl (C=O) groups excluding carboxylic acids is 1. The van der Waals surface area contributed by atoms with E-state index >= 15 is 0 Å². The molecular formula is C13H19FN2OS. The van der Waals surface area contributed by atoms with E-state index in [9.17, 15) is 9.18 Å². The van der Waals surface area contributed by atoms with Crippen LogP contribution in [-0.4, -0.2) is 35.9 Å². The number of amides is 1. The highest BCUT2D eigenvalue weighted by Crippen LogP contribution is 2.10. The molecule has 2 N–H and O–H groups in total. The zero-order valence-corrected chi connectivity index (χ0v) is 11.5. The molecule has 0 aliphatic rings. The third kappa shape index (κ3) is 4.31. The van der Waals surface area contributed by atoms with Gasteiger partial charge in [-0.3, -0.25) is 4.79 Å². The predicted octanol–water partition coefficient (Wildman–Crippen LogP) is 1.86. The molecule has 0 spiro atoms. The molecule has 0 saturated carbocycles. The van der Waals surface area contributed by atoms with Crippen molar-refractivity contribution in [2.75, 3.05) is 19.1 Å². The fourth-order valence-electron chi connectivity index (χ4n) is 1.61. The van der Waals surface area contributed by atoms with Gasteiger partial charge in [0.15, 0.2) is 0 Å². The summed E-state index contributed by atoms with van der Waals surface area (Å²) in [6, 6.07) is 5.94. The second-order valence-electron chi connectivity index (χ2n) is 4.17. The molecule has 0 heterocycles. The Morgan fingerprint density at radius 3 is 2.78 bits per heavy atom. The molecule has 0 aliphatic carbocycles. The summed E-state index contributed by atoms with van der Waals surface area (Å²) in [5.74, 6) is 0.405. The van der Waals surface area contributed by atoms with Crippen molar-refractivity contribution in [2.24, 2.45) is 5.73 Å². The first-order chi connectivity index (χ1) is 8.56. The van der Waals surface area contributed by atoms with E-state index in [-0.39, 0.29) is 18.3 Å². The van der Waals surface area contributed by atoms with Gasteiger partial charge in [0.1, 0.15) is 5.82 Å². The average Bonchev–Trinajstić information content (AvgIpc) is 2.37. The lowest BCUT2D eigenvalue weighted by Gasteiger charge is -2.21. The third-order valence-electron chi connectivity index (χ3n) is 2.69. The molecule has 5 heteroatoms. The molecule has 0 bridgehead atoms. The lowest BCUT2D eigenvalue weighted by molar-refractivity contribution is -0.131. The zero-order chi connectivity index (χ0) is 13.5. The van der Waals surface area contributed by atoms with Gasteiger partial charge in [-0.25, -0.2) is 4.39 Å². The van der Waals surface area contributed by atoms with Crippen molar-refractivity contribution in [3.8, 4) is 0 Å². The Kier molecular flexibility index (Phi) is 6.15. The molecule has 0 saturated heterocycles. The summed E-state index contributed by atoms with van der Waals surface area (Å²) in [7, 11) is 1.65. The predicted molar refractivity (Wildman–Crippen MR) is 73.8 cm³/mol. The van der Waals surface area contributed by atoms with E-state index in [4.69, 9.17) is 5.73 Å². The quantitative estimate of drug-likeness (QED) is 0.858. The van der Waals surface area contributed by atoms with Crippen LogP contribution in [0.1, 0.15) is 12.0 Å². The molecular weight excluding hydrogens is 251 g/mol. The van der Waals surface area contributed by atoms with E-state index in [1.54, 1.807) is 37.0 Å². The SMILES string of the molecule is CSCC[C@H](N)C(=O)N(C)Cc1ccccc1F. The van der Waals surface area contributed by atoms with Crippen molar-refractivity contribution in [3.63, 3.8) is 0 Å². The van der Waals surface area contributed by atoms with Gasteiger partial charge in [-0.1, -0.05) is 18.2 Å². The topological polar surface area (TPSA) is 46.3 Å². The Morgan fingerprint density at radius 1 is 1.50 bits per heavy atom. The summed E-state index contributed by atoms with van der Waals surface area (Å²) >= 11 is 1.65. The Labute approximate surface area is 112 Å². The Balaban J connectivity index is 2.57. The lowest BCUT2D eigenvalue weighted by Crippen LogP contribution is -2.41. The minimum absolute atomic E-state index is 0.146. The van der Waals surface area contributed by atoms with Gasteiger partial charge in [-0.05, 0) is 24.5 Å². The first-order valence-electron chi connectivity index (χ1n) is 5.79. The third-order valence-corrected chi connectivity index (χ3v) is 3.34. The Bertz CT molecular complexity index is 400. The molecule has 0 fully saturated rings. The number of hydrogen-bond acceptors (Lipinski definition) is 3. The second-order valence-corrected chi connectivity index (χ2v) is 5.16. The van der Waals surface area contributed by atoms with Crippen LogP contribution in [0.15, 0.2) is 24.3 Å². The van der Waals surface area contributed by atoms with E-state index in [0.717, 1.165) is 5.75 Å². The smallest absolute Gasteiger partial charge is 0.239 e. The fourth-order valence-corrected chi connectivity index (χ4v) is 2.10. The van der Waals surface area contributed by atoms with Crippen LogP contribution in [0.4, 0.5) is 4.39 Å². The molecule has 1 rings (SSSR count). The van der Waals surface area contributed by atoms with Crippen molar-refractivity contribution in [2.45, 2.75) is 19.0 Å². The zero-order valence-electron chi connectivity index (χ0n) is 10.7. The molecule has 0 aromatic heterocycles.